The van der Waals surface area contributed by atoms with Crippen molar-refractivity contribution in [2.45, 2.75) is 45.1 Å². The molecule has 0 bridgehead atoms. The third kappa shape index (κ3) is 3.29. The molecule has 0 amide bonds. The minimum Gasteiger partial charge on any atom is -0.302 e. The number of rotatable bonds is 5. The second kappa shape index (κ2) is 5.78. The van der Waals surface area contributed by atoms with Crippen LogP contribution in [-0.2, 0) is 4.79 Å². The van der Waals surface area contributed by atoms with Crippen molar-refractivity contribution in [3.63, 3.8) is 0 Å². The maximum atomic E-state index is 10.9. The molecule has 0 saturated carbocycles. The minimum absolute atomic E-state index is 0.329. The molecule has 1 atom stereocenters. The van der Waals surface area contributed by atoms with E-state index in [0.717, 1.165) is 25.4 Å². The summed E-state index contributed by atoms with van der Waals surface area (Å²) in [4.78, 5) is 16.1. The van der Waals surface area contributed by atoms with Crippen LogP contribution >= 0.6 is 0 Å². The van der Waals surface area contributed by atoms with Crippen molar-refractivity contribution in [2.75, 3.05) is 32.7 Å². The lowest BCUT2D eigenvalue weighted by Gasteiger charge is -2.23. The Balaban J connectivity index is 1.65. The highest BCUT2D eigenvalue weighted by Gasteiger charge is 2.28. The largest absolute Gasteiger partial charge is 0.302 e. The summed E-state index contributed by atoms with van der Waals surface area (Å²) in [5.41, 5.74) is 0. The molecule has 92 valence electrons. The standard InChI is InChI=1S/C13H24N2O/c1-12(16)5-4-7-14-10-6-13(11-14)15-8-2-3-9-15/h13H,2-11H2,1H3. The van der Waals surface area contributed by atoms with Gasteiger partial charge in [0.25, 0.3) is 0 Å². The first-order valence-electron chi connectivity index (χ1n) is 6.71. The van der Waals surface area contributed by atoms with Gasteiger partial charge in [-0.15, -0.1) is 0 Å². The van der Waals surface area contributed by atoms with Crippen molar-refractivity contribution >= 4 is 5.78 Å². The van der Waals surface area contributed by atoms with E-state index in [1.165, 1.54) is 45.4 Å². The Hall–Kier alpha value is -0.410. The topological polar surface area (TPSA) is 23.6 Å². The summed E-state index contributed by atoms with van der Waals surface area (Å²) in [6.45, 7) is 7.90. The first-order valence-corrected chi connectivity index (χ1v) is 6.71. The molecular weight excluding hydrogens is 200 g/mol. The van der Waals surface area contributed by atoms with Gasteiger partial charge in [0.1, 0.15) is 5.78 Å². The van der Waals surface area contributed by atoms with Crippen LogP contribution in [0.3, 0.4) is 0 Å². The Kier molecular flexibility index (Phi) is 4.36. The lowest BCUT2D eigenvalue weighted by atomic mass is 10.2. The van der Waals surface area contributed by atoms with Gasteiger partial charge < -0.3 is 9.69 Å². The molecule has 0 aliphatic carbocycles. The Morgan fingerprint density at radius 1 is 1.25 bits per heavy atom. The maximum absolute atomic E-state index is 10.9. The molecule has 0 radical (unpaired) electrons. The highest BCUT2D eigenvalue weighted by atomic mass is 16.1. The van der Waals surface area contributed by atoms with E-state index < -0.39 is 0 Å². The molecule has 2 aliphatic rings. The van der Waals surface area contributed by atoms with Crippen LogP contribution in [0.1, 0.15) is 39.0 Å². The molecule has 0 spiro atoms. The summed E-state index contributed by atoms with van der Waals surface area (Å²) in [5.74, 6) is 0.329. The number of carbonyl (C=O) groups is 1. The molecular formula is C13H24N2O. The zero-order valence-corrected chi connectivity index (χ0v) is 10.5. The zero-order valence-electron chi connectivity index (χ0n) is 10.5. The fourth-order valence-electron chi connectivity index (χ4n) is 2.97. The molecule has 3 nitrogen and oxygen atoms in total. The summed E-state index contributed by atoms with van der Waals surface area (Å²) in [7, 11) is 0. The Labute approximate surface area is 98.8 Å². The summed E-state index contributed by atoms with van der Waals surface area (Å²) in [5, 5.41) is 0. The van der Waals surface area contributed by atoms with Gasteiger partial charge in [0.15, 0.2) is 0 Å². The van der Waals surface area contributed by atoms with E-state index >= 15 is 0 Å². The molecule has 2 rings (SSSR count). The second-order valence-corrected chi connectivity index (χ2v) is 5.29. The molecule has 0 aromatic carbocycles. The predicted molar refractivity (Wildman–Crippen MR) is 65.6 cm³/mol. The highest BCUT2D eigenvalue weighted by molar-refractivity contribution is 5.75. The minimum atomic E-state index is 0.329. The molecule has 1 unspecified atom stereocenters. The lowest BCUT2D eigenvalue weighted by molar-refractivity contribution is -0.117. The number of Topliss-reactive ketones (excluding diaryl/α,β-unsaturated/α-hetero) is 1. The molecule has 0 aromatic rings. The Morgan fingerprint density at radius 3 is 2.69 bits per heavy atom. The first kappa shape index (κ1) is 12.1. The van der Waals surface area contributed by atoms with E-state index in [-0.39, 0.29) is 0 Å². The van der Waals surface area contributed by atoms with Crippen LogP contribution in [0, 0.1) is 0 Å². The number of hydrogen-bond donors (Lipinski definition) is 0. The van der Waals surface area contributed by atoms with Gasteiger partial charge in [0.2, 0.25) is 0 Å². The molecule has 2 fully saturated rings. The van der Waals surface area contributed by atoms with Gasteiger partial charge in [0.05, 0.1) is 0 Å². The molecule has 2 heterocycles. The van der Waals surface area contributed by atoms with Crippen molar-refractivity contribution in [3.05, 3.63) is 0 Å². The fourth-order valence-corrected chi connectivity index (χ4v) is 2.97. The second-order valence-electron chi connectivity index (χ2n) is 5.29. The smallest absolute Gasteiger partial charge is 0.129 e. The predicted octanol–water partition coefficient (Wildman–Crippen LogP) is 1.53. The van der Waals surface area contributed by atoms with Crippen molar-refractivity contribution < 1.29 is 4.79 Å². The van der Waals surface area contributed by atoms with Crippen molar-refractivity contribution in [1.29, 1.82) is 0 Å². The molecule has 3 heteroatoms. The average molecular weight is 224 g/mol. The van der Waals surface area contributed by atoms with Crippen LogP contribution in [-0.4, -0.2) is 54.3 Å². The Bertz CT molecular complexity index is 236. The van der Waals surface area contributed by atoms with E-state index in [1.807, 2.05) is 0 Å². The van der Waals surface area contributed by atoms with Gasteiger partial charge in [-0.1, -0.05) is 0 Å². The molecule has 16 heavy (non-hydrogen) atoms. The summed E-state index contributed by atoms with van der Waals surface area (Å²) < 4.78 is 0. The third-order valence-electron chi connectivity index (χ3n) is 3.91. The Morgan fingerprint density at radius 2 is 2.00 bits per heavy atom. The third-order valence-corrected chi connectivity index (χ3v) is 3.91. The number of hydrogen-bond acceptors (Lipinski definition) is 3. The number of nitrogens with zero attached hydrogens (tertiary/aromatic N) is 2. The average Bonchev–Trinajstić information content (AvgIpc) is 2.85. The van der Waals surface area contributed by atoms with Crippen LogP contribution in [0.5, 0.6) is 0 Å². The van der Waals surface area contributed by atoms with Gasteiger partial charge in [0, 0.05) is 19.0 Å². The SMILES string of the molecule is CC(=O)CCCN1CCC(N2CCCC2)C1. The quantitative estimate of drug-likeness (QED) is 0.707. The van der Waals surface area contributed by atoms with E-state index in [1.54, 1.807) is 6.92 Å². The summed E-state index contributed by atoms with van der Waals surface area (Å²) in [6, 6.07) is 0.805. The van der Waals surface area contributed by atoms with Crippen molar-refractivity contribution in [1.82, 2.24) is 9.80 Å². The number of ketones is 1. The van der Waals surface area contributed by atoms with Crippen molar-refractivity contribution in [2.24, 2.45) is 0 Å². The van der Waals surface area contributed by atoms with Crippen LogP contribution in [0.4, 0.5) is 0 Å². The number of likely N-dealkylation sites (tertiary alicyclic amines) is 2. The zero-order chi connectivity index (χ0) is 11.4. The molecule has 2 aliphatic heterocycles. The maximum Gasteiger partial charge on any atom is 0.129 e. The van der Waals surface area contributed by atoms with E-state index in [4.69, 9.17) is 0 Å². The van der Waals surface area contributed by atoms with Gasteiger partial charge in [-0.05, 0) is 58.8 Å². The van der Waals surface area contributed by atoms with Crippen molar-refractivity contribution in [3.8, 4) is 0 Å². The normalized spacial score (nSPS) is 27.7. The van der Waals surface area contributed by atoms with Crippen LogP contribution in [0.25, 0.3) is 0 Å². The van der Waals surface area contributed by atoms with Gasteiger partial charge in [-0.2, -0.15) is 0 Å². The lowest BCUT2D eigenvalue weighted by Crippen LogP contribution is -2.35. The van der Waals surface area contributed by atoms with E-state index in [2.05, 4.69) is 9.80 Å². The van der Waals surface area contributed by atoms with Gasteiger partial charge >= 0.3 is 0 Å². The van der Waals surface area contributed by atoms with Gasteiger partial charge in [-0.25, -0.2) is 0 Å². The summed E-state index contributed by atoms with van der Waals surface area (Å²) in [6.07, 6.45) is 5.91. The van der Waals surface area contributed by atoms with E-state index in [0.29, 0.717) is 5.78 Å². The van der Waals surface area contributed by atoms with Crippen LogP contribution < -0.4 is 0 Å². The van der Waals surface area contributed by atoms with Gasteiger partial charge in [-0.3, -0.25) is 4.90 Å². The van der Waals surface area contributed by atoms with E-state index in [9.17, 15) is 4.79 Å². The number of carbonyl (C=O) groups excluding carboxylic acids is 1. The highest BCUT2D eigenvalue weighted by Crippen LogP contribution is 2.20. The van der Waals surface area contributed by atoms with Crippen LogP contribution in [0.2, 0.25) is 0 Å². The summed E-state index contributed by atoms with van der Waals surface area (Å²) >= 11 is 0. The molecule has 0 aromatic heterocycles. The molecule has 0 N–H and O–H groups in total. The first-order chi connectivity index (χ1) is 7.75. The fraction of sp³-hybridized carbons (Fsp3) is 0.923. The monoisotopic (exact) mass is 224 g/mol. The molecule has 2 saturated heterocycles. The van der Waals surface area contributed by atoms with Crippen LogP contribution in [0.15, 0.2) is 0 Å².